The van der Waals surface area contributed by atoms with Crippen LogP contribution in [-0.2, 0) is 0 Å². The standard InChI is InChI=1S/C10H17N3O/c1-7(4-5-14)12-10-6-11-8(2)9(3)13-10/h6-7,14H,4-5H2,1-3H3,(H,12,13). The summed E-state index contributed by atoms with van der Waals surface area (Å²) in [6.45, 7) is 6.06. The van der Waals surface area contributed by atoms with Crippen LogP contribution < -0.4 is 5.32 Å². The average molecular weight is 195 g/mol. The third-order valence-electron chi connectivity index (χ3n) is 2.15. The summed E-state index contributed by atoms with van der Waals surface area (Å²) >= 11 is 0. The molecule has 0 bridgehead atoms. The molecule has 0 saturated heterocycles. The number of nitrogens with one attached hydrogen (secondary N) is 1. The SMILES string of the molecule is Cc1ncc(NC(C)CCO)nc1C. The highest BCUT2D eigenvalue weighted by Crippen LogP contribution is 2.07. The average Bonchev–Trinajstić information content (AvgIpc) is 2.12. The van der Waals surface area contributed by atoms with Gasteiger partial charge < -0.3 is 10.4 Å². The quantitative estimate of drug-likeness (QED) is 0.759. The second-order valence-electron chi connectivity index (χ2n) is 3.48. The van der Waals surface area contributed by atoms with Gasteiger partial charge in [-0.25, -0.2) is 4.98 Å². The van der Waals surface area contributed by atoms with Gasteiger partial charge >= 0.3 is 0 Å². The molecular weight excluding hydrogens is 178 g/mol. The van der Waals surface area contributed by atoms with Crippen LogP contribution in [0.25, 0.3) is 0 Å². The molecule has 1 unspecified atom stereocenters. The van der Waals surface area contributed by atoms with Crippen molar-refractivity contribution in [1.82, 2.24) is 9.97 Å². The summed E-state index contributed by atoms with van der Waals surface area (Å²) in [6, 6.07) is 0.219. The number of nitrogens with zero attached hydrogens (tertiary/aromatic N) is 2. The van der Waals surface area contributed by atoms with Crippen molar-refractivity contribution in [1.29, 1.82) is 0 Å². The van der Waals surface area contributed by atoms with Crippen LogP contribution in [-0.4, -0.2) is 27.7 Å². The summed E-state index contributed by atoms with van der Waals surface area (Å²) in [5.41, 5.74) is 1.89. The van der Waals surface area contributed by atoms with E-state index in [0.29, 0.717) is 6.42 Å². The normalized spacial score (nSPS) is 12.6. The lowest BCUT2D eigenvalue weighted by molar-refractivity contribution is 0.282. The maximum absolute atomic E-state index is 8.74. The molecule has 4 heteroatoms. The molecule has 0 radical (unpaired) electrons. The zero-order valence-electron chi connectivity index (χ0n) is 8.91. The van der Waals surface area contributed by atoms with Crippen LogP contribution in [0.1, 0.15) is 24.7 Å². The molecule has 0 saturated carbocycles. The van der Waals surface area contributed by atoms with Crippen molar-refractivity contribution in [3.05, 3.63) is 17.6 Å². The first-order valence-corrected chi connectivity index (χ1v) is 4.81. The van der Waals surface area contributed by atoms with E-state index in [1.54, 1.807) is 6.20 Å². The van der Waals surface area contributed by atoms with E-state index in [-0.39, 0.29) is 12.6 Å². The number of rotatable bonds is 4. The van der Waals surface area contributed by atoms with Crippen LogP contribution in [0, 0.1) is 13.8 Å². The van der Waals surface area contributed by atoms with Crippen molar-refractivity contribution in [3.8, 4) is 0 Å². The number of anilines is 1. The van der Waals surface area contributed by atoms with E-state index in [4.69, 9.17) is 5.11 Å². The Labute approximate surface area is 84.4 Å². The highest BCUT2D eigenvalue weighted by molar-refractivity contribution is 5.34. The molecule has 0 aliphatic rings. The van der Waals surface area contributed by atoms with Crippen molar-refractivity contribution < 1.29 is 5.11 Å². The van der Waals surface area contributed by atoms with Crippen molar-refractivity contribution in [2.24, 2.45) is 0 Å². The van der Waals surface area contributed by atoms with Gasteiger partial charge in [0.2, 0.25) is 0 Å². The minimum atomic E-state index is 0.187. The van der Waals surface area contributed by atoms with Crippen molar-refractivity contribution in [3.63, 3.8) is 0 Å². The lowest BCUT2D eigenvalue weighted by Gasteiger charge is -2.13. The molecule has 0 aliphatic heterocycles. The summed E-state index contributed by atoms with van der Waals surface area (Å²) in [6.07, 6.45) is 2.44. The zero-order chi connectivity index (χ0) is 10.6. The van der Waals surface area contributed by atoms with Gasteiger partial charge in [0, 0.05) is 12.6 Å². The molecule has 1 aromatic rings. The molecule has 4 nitrogen and oxygen atoms in total. The summed E-state index contributed by atoms with van der Waals surface area (Å²) in [4.78, 5) is 8.54. The van der Waals surface area contributed by atoms with E-state index in [1.807, 2.05) is 20.8 Å². The third kappa shape index (κ3) is 2.96. The summed E-state index contributed by atoms with van der Waals surface area (Å²) in [5, 5.41) is 11.9. The van der Waals surface area contributed by atoms with Crippen molar-refractivity contribution >= 4 is 5.82 Å². The fourth-order valence-electron chi connectivity index (χ4n) is 1.13. The van der Waals surface area contributed by atoms with Crippen molar-refractivity contribution in [2.75, 3.05) is 11.9 Å². The molecule has 1 heterocycles. The van der Waals surface area contributed by atoms with Gasteiger partial charge in [0.05, 0.1) is 17.6 Å². The molecule has 0 fully saturated rings. The molecule has 0 aromatic carbocycles. The van der Waals surface area contributed by atoms with Crippen molar-refractivity contribution in [2.45, 2.75) is 33.2 Å². The number of aliphatic hydroxyl groups excluding tert-OH is 1. The lowest BCUT2D eigenvalue weighted by Crippen LogP contribution is -2.17. The second kappa shape index (κ2) is 4.91. The van der Waals surface area contributed by atoms with Gasteiger partial charge in [-0.2, -0.15) is 0 Å². The fraction of sp³-hybridized carbons (Fsp3) is 0.600. The smallest absolute Gasteiger partial charge is 0.145 e. The molecule has 1 atom stereocenters. The lowest BCUT2D eigenvalue weighted by atomic mass is 10.2. The molecule has 1 aromatic heterocycles. The van der Waals surface area contributed by atoms with E-state index in [9.17, 15) is 0 Å². The molecule has 2 N–H and O–H groups in total. The molecule has 78 valence electrons. The van der Waals surface area contributed by atoms with Crippen LogP contribution in [0.15, 0.2) is 6.20 Å². The van der Waals surface area contributed by atoms with Gasteiger partial charge in [-0.15, -0.1) is 0 Å². The first-order chi connectivity index (χ1) is 6.63. The Bertz CT molecular complexity index is 301. The van der Waals surface area contributed by atoms with E-state index in [0.717, 1.165) is 17.2 Å². The van der Waals surface area contributed by atoms with E-state index < -0.39 is 0 Å². The van der Waals surface area contributed by atoms with Crippen LogP contribution >= 0.6 is 0 Å². The maximum Gasteiger partial charge on any atom is 0.145 e. The Hall–Kier alpha value is -1.16. The predicted molar refractivity (Wildman–Crippen MR) is 56.3 cm³/mol. The number of hydrogen-bond donors (Lipinski definition) is 2. The predicted octanol–water partition coefficient (Wildman–Crippen LogP) is 1.28. The summed E-state index contributed by atoms with van der Waals surface area (Å²) in [5.74, 6) is 0.772. The Morgan fingerprint density at radius 1 is 1.43 bits per heavy atom. The zero-order valence-corrected chi connectivity index (χ0v) is 8.91. The summed E-state index contributed by atoms with van der Waals surface area (Å²) in [7, 11) is 0. The monoisotopic (exact) mass is 195 g/mol. The topological polar surface area (TPSA) is 58.0 Å². The van der Waals surface area contributed by atoms with Crippen LogP contribution in [0.4, 0.5) is 5.82 Å². The molecule has 0 amide bonds. The largest absolute Gasteiger partial charge is 0.396 e. The first-order valence-electron chi connectivity index (χ1n) is 4.81. The Morgan fingerprint density at radius 3 is 2.71 bits per heavy atom. The molecule has 0 spiro atoms. The van der Waals surface area contributed by atoms with Gasteiger partial charge in [-0.05, 0) is 27.2 Å². The Kier molecular flexibility index (Phi) is 3.83. The maximum atomic E-state index is 8.74. The highest BCUT2D eigenvalue weighted by Gasteiger charge is 2.03. The van der Waals surface area contributed by atoms with Crippen LogP contribution in [0.2, 0.25) is 0 Å². The fourth-order valence-corrected chi connectivity index (χ4v) is 1.13. The molecule has 0 aliphatic carbocycles. The van der Waals surface area contributed by atoms with Gasteiger partial charge in [0.1, 0.15) is 5.82 Å². The minimum Gasteiger partial charge on any atom is -0.396 e. The van der Waals surface area contributed by atoms with Gasteiger partial charge in [0.25, 0.3) is 0 Å². The number of hydrogen-bond acceptors (Lipinski definition) is 4. The van der Waals surface area contributed by atoms with Gasteiger partial charge in [0.15, 0.2) is 0 Å². The highest BCUT2D eigenvalue weighted by atomic mass is 16.3. The number of aryl methyl sites for hydroxylation is 2. The Balaban J connectivity index is 2.63. The van der Waals surface area contributed by atoms with Gasteiger partial charge in [-0.3, -0.25) is 4.98 Å². The minimum absolute atomic E-state index is 0.187. The number of aromatic nitrogens is 2. The van der Waals surface area contributed by atoms with Crippen LogP contribution in [0.3, 0.4) is 0 Å². The number of aliphatic hydroxyl groups is 1. The van der Waals surface area contributed by atoms with E-state index >= 15 is 0 Å². The van der Waals surface area contributed by atoms with E-state index in [2.05, 4.69) is 15.3 Å². The third-order valence-corrected chi connectivity index (χ3v) is 2.15. The van der Waals surface area contributed by atoms with Crippen LogP contribution in [0.5, 0.6) is 0 Å². The summed E-state index contributed by atoms with van der Waals surface area (Å²) < 4.78 is 0. The second-order valence-corrected chi connectivity index (χ2v) is 3.48. The molecule has 14 heavy (non-hydrogen) atoms. The molecular formula is C10H17N3O. The molecule has 1 rings (SSSR count). The van der Waals surface area contributed by atoms with E-state index in [1.165, 1.54) is 0 Å². The van der Waals surface area contributed by atoms with Gasteiger partial charge in [-0.1, -0.05) is 0 Å². The Morgan fingerprint density at radius 2 is 2.14 bits per heavy atom. The first kappa shape index (κ1) is 10.9.